The molecule has 0 fully saturated rings. The molecule has 64 valence electrons. The maximum absolute atomic E-state index is 0. The van der Waals surface area contributed by atoms with Crippen LogP contribution in [0.3, 0.4) is 0 Å². The Balaban J connectivity index is 0. The van der Waals surface area contributed by atoms with Gasteiger partial charge in [0.05, 0.1) is 0 Å². The standard InChI is InChI=1S/Bi.Na.7O.Ti.W/q+3;+1;7*-2;+4;. The SMILES string of the molecule is [Bi+3].[Na+].[O-2].[O-2].[O-2].[O-2].[O-2].[O-2].[O-2].[Ti+4].[W]. The van der Waals surface area contributed by atoms with Crippen molar-refractivity contribution >= 4 is 26.2 Å². The maximum atomic E-state index is 0. The van der Waals surface area contributed by atoms with Crippen molar-refractivity contribution in [1.82, 2.24) is 0 Å². The fraction of sp³-hybridized carbons (Fsp3) is 0. The monoisotopic (exact) mass is 576 g/mol. The van der Waals surface area contributed by atoms with E-state index in [9.17, 15) is 0 Å². The van der Waals surface area contributed by atoms with E-state index in [0.717, 1.165) is 0 Å². The summed E-state index contributed by atoms with van der Waals surface area (Å²) in [5.41, 5.74) is 0. The largest absolute Gasteiger partial charge is 4.00 e. The molecule has 0 aromatic heterocycles. The van der Waals surface area contributed by atoms with Gasteiger partial charge in [0.1, 0.15) is 0 Å². The average Bonchev–Trinajstić information content (AvgIpc) is 0. The Labute approximate surface area is 135 Å². The molecule has 0 atom stereocenters. The minimum Gasteiger partial charge on any atom is -2.00 e. The number of hydrogen-bond acceptors (Lipinski definition) is 0. The molecule has 0 rings (SSSR count). The topological polar surface area (TPSA) is 200 Å². The zero-order chi connectivity index (χ0) is 0. The van der Waals surface area contributed by atoms with Crippen LogP contribution in [0.2, 0.25) is 0 Å². The summed E-state index contributed by atoms with van der Waals surface area (Å²) in [5.74, 6) is 0. The van der Waals surface area contributed by atoms with Gasteiger partial charge in [-0.25, -0.2) is 0 Å². The number of hydrogen-bond donors (Lipinski definition) is 0. The predicted octanol–water partition coefficient (Wildman–Crippen LogP) is -4.21. The van der Waals surface area contributed by atoms with Gasteiger partial charge in [0.25, 0.3) is 0 Å². The Kier molecular flexibility index (Phi) is 4950. The second-order valence-electron chi connectivity index (χ2n) is 0. The van der Waals surface area contributed by atoms with Crippen LogP contribution in [0.25, 0.3) is 0 Å². The van der Waals surface area contributed by atoms with Crippen molar-refractivity contribution in [2.75, 3.05) is 0 Å². The van der Waals surface area contributed by atoms with E-state index in [1.54, 1.807) is 0 Å². The summed E-state index contributed by atoms with van der Waals surface area (Å²) >= 11 is 0. The fourth-order valence-electron chi connectivity index (χ4n) is 0. The van der Waals surface area contributed by atoms with Gasteiger partial charge < -0.3 is 38.3 Å². The first-order valence-corrected chi connectivity index (χ1v) is 0. The van der Waals surface area contributed by atoms with Crippen LogP contribution in [-0.4, -0.2) is 26.2 Å². The van der Waals surface area contributed by atoms with Crippen LogP contribution in [-0.2, 0) is 81.1 Å². The van der Waals surface area contributed by atoms with Gasteiger partial charge in [-0.1, -0.05) is 0 Å². The quantitative estimate of drug-likeness (QED) is 0.252. The molecule has 0 bridgehead atoms. The third kappa shape index (κ3) is 174. The van der Waals surface area contributed by atoms with Gasteiger partial charge in [-0.2, -0.15) is 0 Å². The van der Waals surface area contributed by atoms with E-state index in [-0.39, 0.29) is 137 Å². The van der Waals surface area contributed by atoms with E-state index in [1.807, 2.05) is 0 Å². The molecular formula is BiNaO7TiW-6. The van der Waals surface area contributed by atoms with Crippen molar-refractivity contribution in [2.24, 2.45) is 0 Å². The molecule has 0 aromatic carbocycles. The molecule has 2 radical (unpaired) electrons. The van der Waals surface area contributed by atoms with Gasteiger partial charge in [0.15, 0.2) is 0 Å². The molecule has 0 heterocycles. The van der Waals surface area contributed by atoms with Gasteiger partial charge in [0.2, 0.25) is 0 Å². The molecule has 0 unspecified atom stereocenters. The smallest absolute Gasteiger partial charge is 2.00 e. The summed E-state index contributed by atoms with van der Waals surface area (Å²) in [4.78, 5) is 0. The van der Waals surface area contributed by atoms with Gasteiger partial charge in [0, 0.05) is 21.1 Å². The Morgan fingerprint density at radius 3 is 0.455 bits per heavy atom. The van der Waals surface area contributed by atoms with Crippen LogP contribution in [0.15, 0.2) is 0 Å². The minimum absolute atomic E-state index is 0. The van der Waals surface area contributed by atoms with Crippen molar-refractivity contribution in [3.63, 3.8) is 0 Å². The van der Waals surface area contributed by atoms with Crippen LogP contribution in [0, 0.1) is 0 Å². The van der Waals surface area contributed by atoms with Crippen LogP contribution in [0.5, 0.6) is 0 Å². The van der Waals surface area contributed by atoms with Crippen LogP contribution < -0.4 is 29.6 Å². The van der Waals surface area contributed by atoms with Crippen LogP contribution in [0.1, 0.15) is 0 Å². The zero-order valence-corrected chi connectivity index (χ0v) is 15.2. The van der Waals surface area contributed by atoms with E-state index < -0.39 is 0 Å². The van der Waals surface area contributed by atoms with Crippen molar-refractivity contribution in [3.05, 3.63) is 0 Å². The summed E-state index contributed by atoms with van der Waals surface area (Å²) in [7, 11) is 0. The second-order valence-corrected chi connectivity index (χ2v) is 0. The second kappa shape index (κ2) is 207. The Morgan fingerprint density at radius 2 is 0.455 bits per heavy atom. The molecule has 0 saturated carbocycles. The van der Waals surface area contributed by atoms with E-state index >= 15 is 0 Å². The zero-order valence-electron chi connectivity index (χ0n) is 5.21. The summed E-state index contributed by atoms with van der Waals surface area (Å²) in [6, 6.07) is 0. The van der Waals surface area contributed by atoms with E-state index in [4.69, 9.17) is 0 Å². The summed E-state index contributed by atoms with van der Waals surface area (Å²) < 4.78 is 0. The fourth-order valence-corrected chi connectivity index (χ4v) is 0. The van der Waals surface area contributed by atoms with Crippen molar-refractivity contribution in [3.8, 4) is 0 Å². The van der Waals surface area contributed by atoms with Crippen LogP contribution >= 0.6 is 0 Å². The normalized spacial score (nSPS) is 0. The van der Waals surface area contributed by atoms with Crippen molar-refractivity contribution < 1.29 is 111 Å². The molecule has 0 spiro atoms. The van der Waals surface area contributed by atoms with Crippen LogP contribution in [0.4, 0.5) is 0 Å². The van der Waals surface area contributed by atoms with Gasteiger partial charge in [-0.05, 0) is 0 Å². The molecule has 0 saturated heterocycles. The van der Waals surface area contributed by atoms with E-state index in [1.165, 1.54) is 0 Å². The van der Waals surface area contributed by atoms with Gasteiger partial charge >= 0.3 is 77.5 Å². The molecule has 0 aliphatic rings. The molecular weight excluding hydrogens is 576 g/mol. The van der Waals surface area contributed by atoms with Crippen molar-refractivity contribution in [2.45, 2.75) is 0 Å². The molecule has 0 aliphatic carbocycles. The van der Waals surface area contributed by atoms with Crippen molar-refractivity contribution in [1.29, 1.82) is 0 Å². The molecule has 11 heteroatoms. The summed E-state index contributed by atoms with van der Waals surface area (Å²) in [6.07, 6.45) is 0. The Morgan fingerprint density at radius 1 is 0.455 bits per heavy atom. The van der Waals surface area contributed by atoms with Gasteiger partial charge in [-0.15, -0.1) is 0 Å². The molecule has 0 amide bonds. The first-order chi connectivity index (χ1) is 0. The molecule has 7 nitrogen and oxygen atoms in total. The van der Waals surface area contributed by atoms with E-state index in [2.05, 4.69) is 0 Å². The first-order valence-electron chi connectivity index (χ1n) is 0. The van der Waals surface area contributed by atoms with E-state index in [0.29, 0.717) is 0 Å². The third-order valence-electron chi connectivity index (χ3n) is 0. The molecule has 11 heavy (non-hydrogen) atoms. The predicted molar refractivity (Wildman–Crippen MR) is 10.6 cm³/mol. The molecule has 0 aromatic rings. The first kappa shape index (κ1) is 262. The molecule has 0 aliphatic heterocycles. The maximum Gasteiger partial charge on any atom is 4.00 e. The third-order valence-corrected chi connectivity index (χ3v) is 0. The Hall–Kier alpha value is 3.01. The Bertz CT molecular complexity index is 18.4. The summed E-state index contributed by atoms with van der Waals surface area (Å²) in [6.45, 7) is 0. The number of rotatable bonds is 0. The average molecular weight is 576 g/mol. The molecule has 0 N–H and O–H groups in total. The van der Waals surface area contributed by atoms with Gasteiger partial charge in [-0.3, -0.25) is 0 Å². The summed E-state index contributed by atoms with van der Waals surface area (Å²) in [5, 5.41) is 0. The minimum atomic E-state index is 0.